The van der Waals surface area contributed by atoms with E-state index in [4.69, 9.17) is 9.15 Å². The third kappa shape index (κ3) is 2.41. The molecule has 1 fully saturated rings. The van der Waals surface area contributed by atoms with Crippen molar-refractivity contribution in [2.24, 2.45) is 0 Å². The first-order valence-electron chi connectivity index (χ1n) is 6.84. The quantitative estimate of drug-likeness (QED) is 0.909. The Bertz CT molecular complexity index is 599. The summed E-state index contributed by atoms with van der Waals surface area (Å²) in [6.07, 6.45) is 1.92. The van der Waals surface area contributed by atoms with Crippen molar-refractivity contribution in [1.82, 2.24) is 5.32 Å². The van der Waals surface area contributed by atoms with Crippen molar-refractivity contribution in [3.63, 3.8) is 0 Å². The average molecular weight is 271 g/mol. The Balaban J connectivity index is 1.72. The highest BCUT2D eigenvalue weighted by atomic mass is 16.6. The number of amides is 1. The summed E-state index contributed by atoms with van der Waals surface area (Å²) in [5, 5.41) is 3.07. The molecular formula is C16H17NO3. The number of benzene rings is 1. The minimum Gasteiger partial charge on any atom is -0.465 e. The fourth-order valence-corrected chi connectivity index (χ4v) is 2.31. The Kier molecular flexibility index (Phi) is 3.22. The molecule has 3 rings (SSSR count). The minimum atomic E-state index is -0.225. The number of hydrogen-bond acceptors (Lipinski definition) is 3. The van der Waals surface area contributed by atoms with Crippen LogP contribution in [0, 0.1) is 0 Å². The first-order chi connectivity index (χ1) is 9.73. The van der Waals surface area contributed by atoms with Crippen LogP contribution < -0.4 is 10.1 Å². The fraction of sp³-hybridized carbons (Fsp3) is 0.312. The Labute approximate surface area is 117 Å². The van der Waals surface area contributed by atoms with E-state index in [1.54, 1.807) is 12.1 Å². The van der Waals surface area contributed by atoms with Crippen LogP contribution in [0.2, 0.25) is 0 Å². The highest BCUT2D eigenvalue weighted by Gasteiger charge is 2.46. The van der Waals surface area contributed by atoms with Crippen LogP contribution in [-0.4, -0.2) is 12.5 Å². The molecule has 1 aliphatic rings. The predicted octanol–water partition coefficient (Wildman–Crippen LogP) is 3.10. The summed E-state index contributed by atoms with van der Waals surface area (Å²) < 4.78 is 10.6. The molecule has 1 N–H and O–H groups in total. The van der Waals surface area contributed by atoms with Gasteiger partial charge in [0.15, 0.2) is 5.76 Å². The van der Waals surface area contributed by atoms with Gasteiger partial charge < -0.3 is 14.5 Å². The van der Waals surface area contributed by atoms with Gasteiger partial charge in [-0.3, -0.25) is 4.79 Å². The predicted molar refractivity (Wildman–Crippen MR) is 74.7 cm³/mol. The van der Waals surface area contributed by atoms with Gasteiger partial charge in [-0.05, 0) is 31.4 Å². The van der Waals surface area contributed by atoms with Crippen molar-refractivity contribution < 1.29 is 13.9 Å². The molecule has 1 amide bonds. The lowest BCUT2D eigenvalue weighted by Crippen LogP contribution is -2.34. The second-order valence-electron chi connectivity index (χ2n) is 4.95. The van der Waals surface area contributed by atoms with Crippen molar-refractivity contribution in [2.75, 3.05) is 6.61 Å². The number of nitrogens with one attached hydrogen (secondary N) is 1. The van der Waals surface area contributed by atoms with Crippen LogP contribution in [0.4, 0.5) is 0 Å². The number of ether oxygens (including phenoxy) is 1. The zero-order chi connectivity index (χ0) is 14.0. The van der Waals surface area contributed by atoms with E-state index in [2.05, 4.69) is 5.32 Å². The summed E-state index contributed by atoms with van der Waals surface area (Å²) in [7, 11) is 0. The number of carbonyl (C=O) groups is 1. The molecule has 1 saturated carbocycles. The van der Waals surface area contributed by atoms with Gasteiger partial charge in [-0.15, -0.1) is 0 Å². The molecule has 1 aromatic carbocycles. The molecule has 2 aromatic rings. The summed E-state index contributed by atoms with van der Waals surface area (Å²) in [4.78, 5) is 12.2. The van der Waals surface area contributed by atoms with E-state index in [9.17, 15) is 4.79 Å². The largest absolute Gasteiger partial charge is 0.465 e. The lowest BCUT2D eigenvalue weighted by atomic mass is 10.1. The summed E-state index contributed by atoms with van der Waals surface area (Å²) >= 11 is 0. The van der Waals surface area contributed by atoms with Crippen molar-refractivity contribution in [1.29, 1.82) is 0 Å². The van der Waals surface area contributed by atoms with Crippen LogP contribution >= 0.6 is 0 Å². The lowest BCUT2D eigenvalue weighted by molar-refractivity contribution is 0.0894. The molecule has 0 saturated heterocycles. The Morgan fingerprint density at radius 1 is 1.25 bits per heavy atom. The smallest absolute Gasteiger partial charge is 0.287 e. The van der Waals surface area contributed by atoms with Gasteiger partial charge in [-0.2, -0.15) is 0 Å². The second kappa shape index (κ2) is 5.04. The van der Waals surface area contributed by atoms with E-state index in [1.807, 2.05) is 37.3 Å². The Morgan fingerprint density at radius 3 is 2.65 bits per heavy atom. The maximum Gasteiger partial charge on any atom is 0.287 e. The standard InChI is InChI=1S/C16H17NO3/c1-2-19-14-9-8-13(20-14)15(18)17-16(10-11-16)12-6-4-3-5-7-12/h3-9H,2,10-11H2,1H3,(H,17,18). The molecule has 20 heavy (non-hydrogen) atoms. The van der Waals surface area contributed by atoms with Gasteiger partial charge in [0.1, 0.15) is 0 Å². The summed E-state index contributed by atoms with van der Waals surface area (Å²) in [5.74, 6) is 0.468. The van der Waals surface area contributed by atoms with Crippen molar-refractivity contribution >= 4 is 5.91 Å². The number of hydrogen-bond donors (Lipinski definition) is 1. The summed E-state index contributed by atoms with van der Waals surface area (Å²) in [6, 6.07) is 13.3. The molecular weight excluding hydrogens is 254 g/mol. The SMILES string of the molecule is CCOc1ccc(C(=O)NC2(c3ccccc3)CC2)o1. The molecule has 0 unspecified atom stereocenters. The van der Waals surface area contributed by atoms with E-state index in [0.29, 0.717) is 12.6 Å². The van der Waals surface area contributed by atoms with Gasteiger partial charge in [0, 0.05) is 6.07 Å². The highest BCUT2D eigenvalue weighted by Crippen LogP contribution is 2.45. The van der Waals surface area contributed by atoms with Gasteiger partial charge in [0.2, 0.25) is 0 Å². The maximum absolute atomic E-state index is 12.2. The van der Waals surface area contributed by atoms with Crippen LogP contribution in [0.25, 0.3) is 0 Å². The van der Waals surface area contributed by atoms with Gasteiger partial charge in [0.25, 0.3) is 11.9 Å². The summed E-state index contributed by atoms with van der Waals surface area (Å²) in [6.45, 7) is 2.39. The molecule has 4 nitrogen and oxygen atoms in total. The molecule has 0 atom stereocenters. The Hall–Kier alpha value is -2.23. The third-order valence-electron chi connectivity index (χ3n) is 3.52. The molecule has 0 spiro atoms. The summed E-state index contributed by atoms with van der Waals surface area (Å²) in [5.41, 5.74) is 0.918. The first kappa shape index (κ1) is 12.8. The molecule has 0 radical (unpaired) electrons. The van der Waals surface area contributed by atoms with Crippen LogP contribution in [0.1, 0.15) is 35.9 Å². The molecule has 104 valence electrons. The molecule has 0 aliphatic heterocycles. The molecule has 0 bridgehead atoms. The minimum absolute atomic E-state index is 0.197. The van der Waals surface area contributed by atoms with E-state index in [1.165, 1.54) is 0 Å². The van der Waals surface area contributed by atoms with Crippen LogP contribution in [0.5, 0.6) is 5.95 Å². The normalized spacial score (nSPS) is 15.7. The topological polar surface area (TPSA) is 51.5 Å². The highest BCUT2D eigenvalue weighted by molar-refractivity contribution is 5.92. The van der Waals surface area contributed by atoms with Crippen molar-refractivity contribution in [3.8, 4) is 5.95 Å². The molecule has 1 aliphatic carbocycles. The van der Waals surface area contributed by atoms with E-state index < -0.39 is 0 Å². The molecule has 1 aromatic heterocycles. The lowest BCUT2D eigenvalue weighted by Gasteiger charge is -2.16. The van der Waals surface area contributed by atoms with Gasteiger partial charge in [-0.1, -0.05) is 30.3 Å². The van der Waals surface area contributed by atoms with E-state index >= 15 is 0 Å². The van der Waals surface area contributed by atoms with Gasteiger partial charge in [-0.25, -0.2) is 0 Å². The zero-order valence-corrected chi connectivity index (χ0v) is 11.4. The fourth-order valence-electron chi connectivity index (χ4n) is 2.31. The monoisotopic (exact) mass is 271 g/mol. The number of rotatable bonds is 5. The zero-order valence-electron chi connectivity index (χ0n) is 11.4. The van der Waals surface area contributed by atoms with Crippen LogP contribution in [0.15, 0.2) is 46.9 Å². The second-order valence-corrected chi connectivity index (χ2v) is 4.95. The van der Waals surface area contributed by atoms with Crippen LogP contribution in [0.3, 0.4) is 0 Å². The first-order valence-corrected chi connectivity index (χ1v) is 6.84. The van der Waals surface area contributed by atoms with E-state index in [0.717, 1.165) is 18.4 Å². The van der Waals surface area contributed by atoms with E-state index in [-0.39, 0.29) is 17.2 Å². The van der Waals surface area contributed by atoms with Crippen molar-refractivity contribution in [2.45, 2.75) is 25.3 Å². The average Bonchev–Trinajstić information content (AvgIpc) is 3.10. The van der Waals surface area contributed by atoms with Gasteiger partial charge in [0.05, 0.1) is 12.1 Å². The van der Waals surface area contributed by atoms with Gasteiger partial charge >= 0.3 is 0 Å². The molecule has 4 heteroatoms. The number of furan rings is 1. The maximum atomic E-state index is 12.2. The number of carbonyl (C=O) groups excluding carboxylic acids is 1. The van der Waals surface area contributed by atoms with Crippen LogP contribution in [-0.2, 0) is 5.54 Å². The molecule has 1 heterocycles. The Morgan fingerprint density at radius 2 is 2.00 bits per heavy atom. The van der Waals surface area contributed by atoms with Crippen molar-refractivity contribution in [3.05, 3.63) is 53.8 Å². The third-order valence-corrected chi connectivity index (χ3v) is 3.52.